The number of nitrogens with zero attached hydrogens (tertiary/aromatic N) is 1. The third-order valence-electron chi connectivity index (χ3n) is 3.03. The average Bonchev–Trinajstić information content (AvgIpc) is 2.43. The molecule has 0 aliphatic heterocycles. The van der Waals surface area contributed by atoms with Crippen LogP contribution in [0.3, 0.4) is 0 Å². The molecule has 0 saturated carbocycles. The molecule has 0 heterocycles. The molecule has 0 bridgehead atoms. The summed E-state index contributed by atoms with van der Waals surface area (Å²) in [6, 6.07) is 6.11. The van der Waals surface area contributed by atoms with Gasteiger partial charge in [0.1, 0.15) is 5.75 Å². The van der Waals surface area contributed by atoms with E-state index in [-0.39, 0.29) is 0 Å². The number of benzene rings is 1. The van der Waals surface area contributed by atoms with Crippen molar-refractivity contribution in [2.45, 2.75) is 20.0 Å². The molecule has 0 fully saturated rings. The Labute approximate surface area is 110 Å². The fraction of sp³-hybridized carbons (Fsp3) is 0.571. The van der Waals surface area contributed by atoms with Crippen molar-refractivity contribution in [1.29, 1.82) is 0 Å². The van der Waals surface area contributed by atoms with Crippen LogP contribution >= 0.6 is 0 Å². The Bertz CT molecular complexity index is 356. The molecule has 0 unspecified atom stereocenters. The van der Waals surface area contributed by atoms with Crippen molar-refractivity contribution in [2.24, 2.45) is 5.73 Å². The third kappa shape index (κ3) is 4.29. The minimum absolute atomic E-state index is 0.557. The van der Waals surface area contributed by atoms with Gasteiger partial charge in [-0.2, -0.15) is 0 Å². The third-order valence-corrected chi connectivity index (χ3v) is 3.03. The van der Waals surface area contributed by atoms with Gasteiger partial charge in [0.25, 0.3) is 0 Å². The number of likely N-dealkylation sites (N-methyl/N-ethyl adjacent to an activating group) is 1. The molecule has 0 radical (unpaired) electrons. The van der Waals surface area contributed by atoms with E-state index in [0.717, 1.165) is 37.6 Å². The zero-order chi connectivity index (χ0) is 13.4. The highest BCUT2D eigenvalue weighted by molar-refractivity contribution is 5.37. The summed E-state index contributed by atoms with van der Waals surface area (Å²) in [5, 5.41) is 0. The van der Waals surface area contributed by atoms with Gasteiger partial charge in [0.15, 0.2) is 0 Å². The molecule has 2 N–H and O–H groups in total. The average molecular weight is 252 g/mol. The van der Waals surface area contributed by atoms with Crippen molar-refractivity contribution in [3.8, 4) is 5.75 Å². The van der Waals surface area contributed by atoms with E-state index in [1.807, 2.05) is 12.1 Å². The molecule has 4 nitrogen and oxygen atoms in total. The molecule has 0 aliphatic rings. The molecule has 18 heavy (non-hydrogen) atoms. The van der Waals surface area contributed by atoms with Gasteiger partial charge in [-0.15, -0.1) is 0 Å². The van der Waals surface area contributed by atoms with Crippen molar-refractivity contribution < 1.29 is 9.47 Å². The van der Waals surface area contributed by atoms with E-state index >= 15 is 0 Å². The fourth-order valence-electron chi connectivity index (χ4n) is 1.89. The Hall–Kier alpha value is -1.10. The summed E-state index contributed by atoms with van der Waals surface area (Å²) in [4.78, 5) is 2.32. The zero-order valence-electron chi connectivity index (χ0n) is 11.6. The first-order chi connectivity index (χ1) is 8.74. The maximum absolute atomic E-state index is 5.68. The first kappa shape index (κ1) is 15.0. The van der Waals surface area contributed by atoms with Gasteiger partial charge in [0.2, 0.25) is 0 Å². The standard InChI is InChI=1S/C14H24N2O2/c1-4-16(7-8-17-2)11-13-9-12(10-15)5-6-14(13)18-3/h5-6,9H,4,7-8,10-11,15H2,1-3H3. The van der Waals surface area contributed by atoms with Gasteiger partial charge in [0, 0.05) is 32.3 Å². The van der Waals surface area contributed by atoms with E-state index in [0.29, 0.717) is 6.54 Å². The lowest BCUT2D eigenvalue weighted by molar-refractivity contribution is 0.147. The van der Waals surface area contributed by atoms with Crippen LogP contribution in [-0.4, -0.2) is 38.8 Å². The van der Waals surface area contributed by atoms with Crippen molar-refractivity contribution in [3.63, 3.8) is 0 Å². The molecular weight excluding hydrogens is 228 g/mol. The molecule has 4 heteroatoms. The molecule has 0 atom stereocenters. The molecule has 1 rings (SSSR count). The van der Waals surface area contributed by atoms with Crippen LogP contribution in [0, 0.1) is 0 Å². The Balaban J connectivity index is 2.78. The maximum Gasteiger partial charge on any atom is 0.123 e. The molecular formula is C14H24N2O2. The van der Waals surface area contributed by atoms with Crippen LogP contribution in [0.5, 0.6) is 5.75 Å². The van der Waals surface area contributed by atoms with Crippen LogP contribution in [0.4, 0.5) is 0 Å². The highest BCUT2D eigenvalue weighted by Gasteiger charge is 2.09. The van der Waals surface area contributed by atoms with E-state index in [1.165, 1.54) is 5.56 Å². The number of nitrogens with two attached hydrogens (primary N) is 1. The van der Waals surface area contributed by atoms with E-state index in [2.05, 4.69) is 17.9 Å². The lowest BCUT2D eigenvalue weighted by Crippen LogP contribution is -2.27. The van der Waals surface area contributed by atoms with E-state index < -0.39 is 0 Å². The second kappa shape index (κ2) is 8.08. The minimum atomic E-state index is 0.557. The Morgan fingerprint density at radius 2 is 2.06 bits per heavy atom. The van der Waals surface area contributed by atoms with Gasteiger partial charge >= 0.3 is 0 Å². The maximum atomic E-state index is 5.68. The van der Waals surface area contributed by atoms with Gasteiger partial charge < -0.3 is 15.2 Å². The predicted molar refractivity (Wildman–Crippen MR) is 73.7 cm³/mol. The van der Waals surface area contributed by atoms with Gasteiger partial charge in [-0.3, -0.25) is 4.90 Å². The molecule has 0 amide bonds. The summed E-state index contributed by atoms with van der Waals surface area (Å²) >= 11 is 0. The number of ether oxygens (including phenoxy) is 2. The van der Waals surface area contributed by atoms with Crippen molar-refractivity contribution >= 4 is 0 Å². The molecule has 1 aromatic rings. The van der Waals surface area contributed by atoms with Crippen molar-refractivity contribution in [2.75, 3.05) is 33.9 Å². The first-order valence-corrected chi connectivity index (χ1v) is 6.32. The minimum Gasteiger partial charge on any atom is -0.496 e. The van der Waals surface area contributed by atoms with Crippen LogP contribution < -0.4 is 10.5 Å². The van der Waals surface area contributed by atoms with Gasteiger partial charge in [-0.05, 0) is 24.2 Å². The zero-order valence-corrected chi connectivity index (χ0v) is 11.6. The summed E-state index contributed by atoms with van der Waals surface area (Å²) in [6.45, 7) is 6.21. The summed E-state index contributed by atoms with van der Waals surface area (Å²) < 4.78 is 10.5. The molecule has 0 saturated heterocycles. The SMILES string of the molecule is CCN(CCOC)Cc1cc(CN)ccc1OC. The molecule has 0 spiro atoms. The number of hydrogen-bond donors (Lipinski definition) is 1. The van der Waals surface area contributed by atoms with Gasteiger partial charge in [-0.25, -0.2) is 0 Å². The summed E-state index contributed by atoms with van der Waals surface area (Å²) in [5.74, 6) is 0.920. The molecule has 1 aromatic carbocycles. The van der Waals surface area contributed by atoms with Gasteiger partial charge in [0.05, 0.1) is 13.7 Å². The van der Waals surface area contributed by atoms with Crippen LogP contribution in [0.2, 0.25) is 0 Å². The summed E-state index contributed by atoms with van der Waals surface area (Å²) in [6.07, 6.45) is 0. The Kier molecular flexibility index (Phi) is 6.72. The molecule has 0 aliphatic carbocycles. The number of rotatable bonds is 8. The number of methoxy groups -OCH3 is 2. The second-order valence-corrected chi connectivity index (χ2v) is 4.21. The second-order valence-electron chi connectivity index (χ2n) is 4.21. The van der Waals surface area contributed by atoms with Crippen LogP contribution in [-0.2, 0) is 17.8 Å². The number of hydrogen-bond acceptors (Lipinski definition) is 4. The topological polar surface area (TPSA) is 47.7 Å². The molecule has 0 aromatic heterocycles. The smallest absolute Gasteiger partial charge is 0.123 e. The predicted octanol–water partition coefficient (Wildman–Crippen LogP) is 1.62. The van der Waals surface area contributed by atoms with Crippen LogP contribution in [0.15, 0.2) is 18.2 Å². The Morgan fingerprint density at radius 1 is 1.28 bits per heavy atom. The van der Waals surface area contributed by atoms with Gasteiger partial charge in [-0.1, -0.05) is 13.0 Å². The summed E-state index contributed by atoms with van der Waals surface area (Å²) in [5.41, 5.74) is 7.99. The quantitative estimate of drug-likeness (QED) is 0.764. The van der Waals surface area contributed by atoms with Crippen LogP contribution in [0.25, 0.3) is 0 Å². The van der Waals surface area contributed by atoms with Crippen molar-refractivity contribution in [1.82, 2.24) is 4.90 Å². The highest BCUT2D eigenvalue weighted by Crippen LogP contribution is 2.21. The van der Waals surface area contributed by atoms with E-state index in [9.17, 15) is 0 Å². The monoisotopic (exact) mass is 252 g/mol. The van der Waals surface area contributed by atoms with Crippen molar-refractivity contribution in [3.05, 3.63) is 29.3 Å². The summed E-state index contributed by atoms with van der Waals surface area (Å²) in [7, 11) is 3.43. The van der Waals surface area contributed by atoms with E-state index in [1.54, 1.807) is 14.2 Å². The largest absolute Gasteiger partial charge is 0.496 e. The highest BCUT2D eigenvalue weighted by atomic mass is 16.5. The first-order valence-electron chi connectivity index (χ1n) is 6.32. The lowest BCUT2D eigenvalue weighted by Gasteiger charge is -2.21. The molecule has 102 valence electrons. The Morgan fingerprint density at radius 3 is 2.61 bits per heavy atom. The lowest BCUT2D eigenvalue weighted by atomic mass is 10.1. The van der Waals surface area contributed by atoms with E-state index in [4.69, 9.17) is 15.2 Å². The van der Waals surface area contributed by atoms with Crippen LogP contribution in [0.1, 0.15) is 18.1 Å². The normalized spacial score (nSPS) is 10.9. The fourth-order valence-corrected chi connectivity index (χ4v) is 1.89.